The summed E-state index contributed by atoms with van der Waals surface area (Å²) < 4.78 is 6.32. The molecule has 1 heterocycles. The van der Waals surface area contributed by atoms with E-state index >= 15 is 0 Å². The highest BCUT2D eigenvalue weighted by atomic mass is 16.5. The molecule has 0 radical (unpaired) electrons. The van der Waals surface area contributed by atoms with E-state index in [1.807, 2.05) is 24.3 Å². The molecule has 4 nitrogen and oxygen atoms in total. The maximum atomic E-state index is 14.4. The lowest BCUT2D eigenvalue weighted by Gasteiger charge is -2.43. The molecule has 0 aliphatic carbocycles. The fraction of sp³-hybridized carbons (Fsp3) is 0.593. The van der Waals surface area contributed by atoms with Gasteiger partial charge in [-0.05, 0) is 42.9 Å². The first-order valence-electron chi connectivity index (χ1n) is 11.8. The average Bonchev–Trinajstić information content (AvgIpc) is 2.73. The van der Waals surface area contributed by atoms with E-state index in [2.05, 4.69) is 73.8 Å². The third-order valence-electron chi connectivity index (χ3n) is 7.42. The summed E-state index contributed by atoms with van der Waals surface area (Å²) in [6.07, 6.45) is 6.20. The molecule has 2 rings (SSSR count). The van der Waals surface area contributed by atoms with E-state index < -0.39 is 0 Å². The first-order chi connectivity index (χ1) is 14.5. The van der Waals surface area contributed by atoms with E-state index in [9.17, 15) is 4.79 Å². The molecule has 0 spiro atoms. The van der Waals surface area contributed by atoms with Gasteiger partial charge in [-0.2, -0.15) is 0 Å². The number of amides is 1. The summed E-state index contributed by atoms with van der Waals surface area (Å²) in [7, 11) is 5.94. The highest BCUT2D eigenvalue weighted by molar-refractivity contribution is 6.00. The minimum atomic E-state index is 0.212. The van der Waals surface area contributed by atoms with Crippen molar-refractivity contribution in [1.82, 2.24) is 4.48 Å². The van der Waals surface area contributed by atoms with Crippen LogP contribution in [0.15, 0.2) is 48.2 Å². The quantitative estimate of drug-likeness (QED) is 0.476. The van der Waals surface area contributed by atoms with Crippen LogP contribution in [0.2, 0.25) is 0 Å². The summed E-state index contributed by atoms with van der Waals surface area (Å²) in [6.45, 7) is 16.1. The molecular formula is C27H44N2O2+2. The molecule has 1 aliphatic rings. The molecule has 3 unspecified atom stereocenters. The second kappa shape index (κ2) is 10.1. The van der Waals surface area contributed by atoms with Crippen molar-refractivity contribution in [3.63, 3.8) is 0 Å². The average molecular weight is 429 g/mol. The Morgan fingerprint density at radius 1 is 1.06 bits per heavy atom. The van der Waals surface area contributed by atoms with Gasteiger partial charge in [0, 0.05) is 24.1 Å². The Hall–Kier alpha value is -1.91. The zero-order valence-corrected chi connectivity index (χ0v) is 21.2. The number of carbonyl (C=O) groups excluding carboxylic acids is 1. The van der Waals surface area contributed by atoms with Crippen molar-refractivity contribution in [2.75, 3.05) is 40.8 Å². The van der Waals surface area contributed by atoms with Gasteiger partial charge in [0.2, 0.25) is 5.70 Å². The Labute approximate surface area is 190 Å². The largest absolute Gasteiger partial charge is 0.497 e. The molecule has 0 saturated heterocycles. The number of rotatable bonds is 9. The van der Waals surface area contributed by atoms with Crippen molar-refractivity contribution >= 4 is 11.6 Å². The number of quaternary nitrogens is 2. The number of nitrogens with zero attached hydrogens (tertiary/aromatic N) is 2. The Morgan fingerprint density at radius 3 is 2.13 bits per heavy atom. The zero-order chi connectivity index (χ0) is 23.4. The first kappa shape index (κ1) is 25.4. The molecule has 31 heavy (non-hydrogen) atoms. The zero-order valence-electron chi connectivity index (χ0n) is 21.2. The summed E-state index contributed by atoms with van der Waals surface area (Å²) in [5, 5.41) is 0. The van der Waals surface area contributed by atoms with Gasteiger partial charge in [0.15, 0.2) is 0 Å². The number of likely N-dealkylation sites (N-methyl/N-ethyl adjacent to an activating group) is 2. The summed E-state index contributed by atoms with van der Waals surface area (Å²) in [6, 6.07) is 8.13. The minimum absolute atomic E-state index is 0.212. The number of hydrogen-bond donors (Lipinski definition) is 0. The standard InChI is InChI=1S/C27H44N2O2/c1-10-29(23-14-16-24(31-9)17-15-23,19-25(21(4)5)22(6)20(2)3)27(30)26-13-11-12-18-28(26,7)8/h11-17,20-22,25H,10,18-19H2,1-9H3/q+2. The number of benzene rings is 1. The molecule has 0 N–H and O–H groups in total. The van der Waals surface area contributed by atoms with Gasteiger partial charge in [-0.15, -0.1) is 0 Å². The van der Waals surface area contributed by atoms with Crippen molar-refractivity contribution in [3.8, 4) is 5.75 Å². The lowest BCUT2D eigenvalue weighted by Crippen LogP contribution is -2.62. The van der Waals surface area contributed by atoms with Crippen LogP contribution in [0.5, 0.6) is 5.75 Å². The number of ether oxygens (including phenoxy) is 1. The molecule has 1 amide bonds. The van der Waals surface area contributed by atoms with Crippen LogP contribution in [0.25, 0.3) is 0 Å². The number of carbonyl (C=O) groups is 1. The lowest BCUT2D eigenvalue weighted by atomic mass is 9.77. The summed E-state index contributed by atoms with van der Waals surface area (Å²) in [5.41, 5.74) is 1.92. The number of allylic oxidation sites excluding steroid dienone is 2. The maximum absolute atomic E-state index is 14.4. The summed E-state index contributed by atoms with van der Waals surface area (Å²) in [5.74, 6) is 3.05. The second-order valence-electron chi connectivity index (χ2n) is 10.3. The normalized spacial score (nSPS) is 19.6. The fourth-order valence-electron chi connectivity index (χ4n) is 4.80. The van der Waals surface area contributed by atoms with E-state index in [0.717, 1.165) is 36.8 Å². The predicted molar refractivity (Wildman–Crippen MR) is 132 cm³/mol. The van der Waals surface area contributed by atoms with Gasteiger partial charge in [0.25, 0.3) is 0 Å². The fourth-order valence-corrected chi connectivity index (χ4v) is 4.80. The van der Waals surface area contributed by atoms with Crippen molar-refractivity contribution in [2.45, 2.75) is 41.5 Å². The Balaban J connectivity index is 2.65. The molecular weight excluding hydrogens is 384 g/mol. The van der Waals surface area contributed by atoms with E-state index in [1.54, 1.807) is 7.11 Å². The van der Waals surface area contributed by atoms with Gasteiger partial charge in [-0.1, -0.05) is 40.7 Å². The Bertz CT molecular complexity index is 805. The smallest absolute Gasteiger partial charge is 0.404 e. The highest BCUT2D eigenvalue weighted by Crippen LogP contribution is 2.36. The third kappa shape index (κ3) is 5.30. The SMILES string of the molecule is CC[N+](CC(C(C)C)C(C)C(C)C)(C(=O)C1=CC=CC[N+]1(C)C)c1ccc(OC)cc1. The summed E-state index contributed by atoms with van der Waals surface area (Å²) >= 11 is 0. The second-order valence-corrected chi connectivity index (χ2v) is 10.3. The van der Waals surface area contributed by atoms with Crippen molar-refractivity contribution < 1.29 is 14.0 Å². The molecule has 4 heteroatoms. The van der Waals surface area contributed by atoms with Gasteiger partial charge in [-0.25, -0.2) is 9.28 Å². The van der Waals surface area contributed by atoms with Gasteiger partial charge < -0.3 is 4.74 Å². The highest BCUT2D eigenvalue weighted by Gasteiger charge is 2.48. The Morgan fingerprint density at radius 2 is 1.68 bits per heavy atom. The molecule has 1 aliphatic heterocycles. The predicted octanol–water partition coefficient (Wildman–Crippen LogP) is 5.64. The van der Waals surface area contributed by atoms with Gasteiger partial charge in [0.1, 0.15) is 18.0 Å². The van der Waals surface area contributed by atoms with Crippen LogP contribution in [0.1, 0.15) is 41.5 Å². The van der Waals surface area contributed by atoms with E-state index in [-0.39, 0.29) is 5.91 Å². The lowest BCUT2D eigenvalue weighted by molar-refractivity contribution is -0.842. The van der Waals surface area contributed by atoms with Crippen LogP contribution >= 0.6 is 0 Å². The molecule has 0 bridgehead atoms. The van der Waals surface area contributed by atoms with Crippen LogP contribution in [0.3, 0.4) is 0 Å². The topological polar surface area (TPSA) is 26.3 Å². The van der Waals surface area contributed by atoms with E-state index in [4.69, 9.17) is 4.74 Å². The van der Waals surface area contributed by atoms with Crippen LogP contribution in [-0.2, 0) is 4.79 Å². The van der Waals surface area contributed by atoms with Gasteiger partial charge in [0.05, 0.1) is 34.3 Å². The third-order valence-corrected chi connectivity index (χ3v) is 7.42. The van der Waals surface area contributed by atoms with Gasteiger partial charge in [-0.3, -0.25) is 4.48 Å². The van der Waals surface area contributed by atoms with E-state index in [1.165, 1.54) is 0 Å². The molecule has 0 aromatic heterocycles. The molecule has 172 valence electrons. The van der Waals surface area contributed by atoms with Crippen LogP contribution in [0.4, 0.5) is 5.69 Å². The molecule has 0 saturated carbocycles. The maximum Gasteiger partial charge on any atom is 0.404 e. The monoisotopic (exact) mass is 428 g/mol. The molecule has 3 atom stereocenters. The van der Waals surface area contributed by atoms with Crippen LogP contribution < -0.4 is 9.22 Å². The first-order valence-corrected chi connectivity index (χ1v) is 11.8. The molecule has 1 aromatic carbocycles. The van der Waals surface area contributed by atoms with Crippen molar-refractivity contribution in [3.05, 3.63) is 48.2 Å². The number of methoxy groups -OCH3 is 1. The summed E-state index contributed by atoms with van der Waals surface area (Å²) in [4.78, 5) is 14.4. The van der Waals surface area contributed by atoms with Crippen LogP contribution in [0, 0.1) is 23.7 Å². The molecule has 0 fully saturated rings. The molecule has 1 aromatic rings. The number of hydrogen-bond acceptors (Lipinski definition) is 2. The Kier molecular flexibility index (Phi) is 8.29. The van der Waals surface area contributed by atoms with E-state index in [0.29, 0.717) is 32.6 Å². The van der Waals surface area contributed by atoms with Crippen molar-refractivity contribution in [1.29, 1.82) is 0 Å². The van der Waals surface area contributed by atoms with Crippen molar-refractivity contribution in [2.24, 2.45) is 23.7 Å². The van der Waals surface area contributed by atoms with Crippen LogP contribution in [-0.4, -0.2) is 51.2 Å². The minimum Gasteiger partial charge on any atom is -0.497 e. The van der Waals surface area contributed by atoms with Gasteiger partial charge >= 0.3 is 5.91 Å².